The summed E-state index contributed by atoms with van der Waals surface area (Å²) in [5.74, 6) is 0. The summed E-state index contributed by atoms with van der Waals surface area (Å²) in [6.45, 7) is 4.32. The molecule has 0 N–H and O–H groups in total. The average Bonchev–Trinajstić information content (AvgIpc) is 2.60. The van der Waals surface area contributed by atoms with Crippen molar-refractivity contribution in [3.8, 4) is 0 Å². The van der Waals surface area contributed by atoms with Gasteiger partial charge in [0.1, 0.15) is 16.1 Å². The van der Waals surface area contributed by atoms with Gasteiger partial charge in [0.25, 0.3) is 0 Å². The van der Waals surface area contributed by atoms with Gasteiger partial charge in [0.05, 0.1) is 0 Å². The first-order valence-electron chi connectivity index (χ1n) is 7.93. The summed E-state index contributed by atoms with van der Waals surface area (Å²) >= 11 is 0. The molecule has 1 nitrogen and oxygen atoms in total. The van der Waals surface area contributed by atoms with Gasteiger partial charge in [-0.2, -0.15) is 0 Å². The van der Waals surface area contributed by atoms with Crippen molar-refractivity contribution in [1.82, 2.24) is 0 Å². The van der Waals surface area contributed by atoms with Gasteiger partial charge >= 0.3 is 0 Å². The molecule has 0 spiro atoms. The lowest BCUT2D eigenvalue weighted by atomic mass is 9.77. The summed E-state index contributed by atoms with van der Waals surface area (Å²) in [4.78, 5) is 0. The first kappa shape index (κ1) is 15.7. The van der Waals surface area contributed by atoms with Crippen LogP contribution in [-0.2, 0) is 10.0 Å². The molecule has 0 aliphatic rings. The Labute approximate surface area is 141 Å². The van der Waals surface area contributed by atoms with Crippen LogP contribution in [0.4, 0.5) is 0 Å². The molecule has 3 rings (SSSR count). The average molecular weight is 318 g/mol. The van der Waals surface area contributed by atoms with Crippen molar-refractivity contribution >= 4 is 10.5 Å². The Bertz CT molecular complexity index is 750. The van der Waals surface area contributed by atoms with Crippen LogP contribution >= 0.6 is 0 Å². The molecule has 0 aromatic heterocycles. The number of hydrogen-bond donors (Lipinski definition) is 0. The third kappa shape index (κ3) is 2.65. The van der Waals surface area contributed by atoms with E-state index in [1.165, 1.54) is 27.8 Å². The van der Waals surface area contributed by atoms with Gasteiger partial charge in [0.2, 0.25) is 0 Å². The Kier molecular flexibility index (Phi) is 4.46. The maximum absolute atomic E-state index is 6.40. The van der Waals surface area contributed by atoms with Gasteiger partial charge in [-0.15, -0.1) is 0 Å². The molecule has 0 fully saturated rings. The molecule has 0 aliphatic carbocycles. The van der Waals surface area contributed by atoms with Crippen molar-refractivity contribution in [2.45, 2.75) is 19.4 Å². The normalized spacial score (nSPS) is 11.6. The van der Waals surface area contributed by atoms with Gasteiger partial charge in [-0.05, 0) is 41.7 Å². The Hall–Kier alpha value is -2.16. The third-order valence-corrected chi connectivity index (χ3v) is 5.15. The smallest absolute Gasteiger partial charge is 0.148 e. The molecule has 3 aromatic rings. The molecule has 3 aromatic carbocycles. The van der Waals surface area contributed by atoms with Crippen molar-refractivity contribution in [1.29, 1.82) is 0 Å². The second-order valence-electron chi connectivity index (χ2n) is 5.88. The summed E-state index contributed by atoms with van der Waals surface area (Å²) in [7, 11) is 0.646. The molecule has 0 atom stereocenters. The highest BCUT2D eigenvalue weighted by Gasteiger charge is 2.37. The molecule has 0 amide bonds. The monoisotopic (exact) mass is 318 g/mol. The van der Waals surface area contributed by atoms with Crippen LogP contribution in [0.15, 0.2) is 78.9 Å². The second-order valence-corrected chi connectivity index (χ2v) is 6.29. The molecule has 0 unspecified atom stereocenters. The van der Waals surface area contributed by atoms with Crippen molar-refractivity contribution in [3.63, 3.8) is 0 Å². The van der Waals surface area contributed by atoms with E-state index in [0.29, 0.717) is 10.5 Å². The zero-order valence-corrected chi connectivity index (χ0v) is 15.9. The predicted molar refractivity (Wildman–Crippen MR) is 99.7 cm³/mol. The van der Waals surface area contributed by atoms with Gasteiger partial charge in [0, 0.05) is 0 Å². The van der Waals surface area contributed by atoms with Gasteiger partial charge in [-0.1, -0.05) is 78.9 Å². The summed E-state index contributed by atoms with van der Waals surface area (Å²) in [5, 5.41) is 0. The van der Waals surface area contributed by atoms with E-state index in [1.807, 2.05) is 0 Å². The number of benzene rings is 3. The van der Waals surface area contributed by atoms with E-state index in [4.69, 9.17) is 4.43 Å². The summed E-state index contributed by atoms with van der Waals surface area (Å²) in [6.07, 6.45) is 0. The molecule has 0 bridgehead atoms. The third-order valence-electron chi connectivity index (χ3n) is 4.54. The van der Waals surface area contributed by atoms with E-state index < -0.39 is 5.60 Å². The van der Waals surface area contributed by atoms with Crippen LogP contribution in [0.25, 0.3) is 0 Å². The maximum atomic E-state index is 6.40. The Morgan fingerprint density at radius 2 is 1.09 bits per heavy atom. The highest BCUT2D eigenvalue weighted by atomic mass is 28.2. The van der Waals surface area contributed by atoms with Gasteiger partial charge < -0.3 is 4.43 Å². The van der Waals surface area contributed by atoms with Crippen molar-refractivity contribution < 1.29 is 4.43 Å². The SMILES string of the molecule is Cc1ccccc1C(O[SiH3])(c1ccccc1)c1ccccc1C. The number of rotatable bonds is 4. The molecule has 0 heterocycles. The standard InChI is InChI=1S/C21H22OSi/c1-16-10-6-8-14-19(16)21(22-23,18-12-4-3-5-13-18)20-15-9-7-11-17(20)2/h3-15H,1-2,23H3. The minimum absolute atomic E-state index is 0.538. The minimum Gasteiger partial charge on any atom is -0.411 e. The lowest BCUT2D eigenvalue weighted by Gasteiger charge is -2.37. The number of hydrogen-bond acceptors (Lipinski definition) is 1. The van der Waals surface area contributed by atoms with E-state index >= 15 is 0 Å². The summed E-state index contributed by atoms with van der Waals surface area (Å²) in [6, 6.07) is 27.6. The molecule has 0 saturated carbocycles. The molecule has 23 heavy (non-hydrogen) atoms. The highest BCUT2D eigenvalue weighted by Crippen LogP contribution is 2.42. The van der Waals surface area contributed by atoms with Crippen LogP contribution in [0, 0.1) is 13.8 Å². The zero-order valence-electron chi connectivity index (χ0n) is 13.9. The Balaban J connectivity index is 2.39. The summed E-state index contributed by atoms with van der Waals surface area (Å²) < 4.78 is 6.40. The molecular weight excluding hydrogens is 296 g/mol. The molecule has 2 heteroatoms. The molecule has 0 saturated heterocycles. The van der Waals surface area contributed by atoms with Crippen LogP contribution in [0.5, 0.6) is 0 Å². The first-order chi connectivity index (χ1) is 11.2. The Morgan fingerprint density at radius 1 is 0.652 bits per heavy atom. The van der Waals surface area contributed by atoms with Crippen molar-refractivity contribution in [2.24, 2.45) is 0 Å². The van der Waals surface area contributed by atoms with Gasteiger partial charge in [-0.25, -0.2) is 0 Å². The highest BCUT2D eigenvalue weighted by molar-refractivity contribution is 5.99. The second kappa shape index (κ2) is 6.53. The van der Waals surface area contributed by atoms with Crippen LogP contribution in [-0.4, -0.2) is 10.5 Å². The van der Waals surface area contributed by atoms with E-state index in [-0.39, 0.29) is 0 Å². The Morgan fingerprint density at radius 3 is 1.52 bits per heavy atom. The van der Waals surface area contributed by atoms with Gasteiger partial charge in [-0.3, -0.25) is 0 Å². The van der Waals surface area contributed by atoms with E-state index in [1.54, 1.807) is 0 Å². The van der Waals surface area contributed by atoms with Crippen LogP contribution in [0.3, 0.4) is 0 Å². The van der Waals surface area contributed by atoms with E-state index in [2.05, 4.69) is 92.7 Å². The lowest BCUT2D eigenvalue weighted by molar-refractivity contribution is 0.171. The topological polar surface area (TPSA) is 9.23 Å². The fourth-order valence-electron chi connectivity index (χ4n) is 3.40. The molecule has 0 aliphatic heterocycles. The molecule has 0 radical (unpaired) electrons. The fraction of sp³-hybridized carbons (Fsp3) is 0.143. The van der Waals surface area contributed by atoms with E-state index in [9.17, 15) is 0 Å². The first-order valence-corrected chi connectivity index (χ1v) is 8.74. The zero-order chi connectivity index (χ0) is 16.3. The van der Waals surface area contributed by atoms with E-state index in [0.717, 1.165) is 0 Å². The fourth-order valence-corrected chi connectivity index (χ4v) is 4.08. The largest absolute Gasteiger partial charge is 0.411 e. The van der Waals surface area contributed by atoms with Crippen LogP contribution in [0.1, 0.15) is 27.8 Å². The number of aryl methyl sites for hydroxylation is 2. The molecular formula is C21H22OSi. The lowest BCUT2D eigenvalue weighted by Crippen LogP contribution is -2.33. The summed E-state index contributed by atoms with van der Waals surface area (Å²) in [5.41, 5.74) is 5.57. The quantitative estimate of drug-likeness (QED) is 0.524. The predicted octanol–water partition coefficient (Wildman–Crippen LogP) is 3.89. The van der Waals surface area contributed by atoms with Gasteiger partial charge in [0.15, 0.2) is 0 Å². The van der Waals surface area contributed by atoms with Crippen LogP contribution in [0.2, 0.25) is 0 Å². The minimum atomic E-state index is -0.538. The molecule has 116 valence electrons. The van der Waals surface area contributed by atoms with Crippen LogP contribution < -0.4 is 0 Å². The maximum Gasteiger partial charge on any atom is 0.148 e. The van der Waals surface area contributed by atoms with Crippen molar-refractivity contribution in [2.75, 3.05) is 0 Å². The van der Waals surface area contributed by atoms with Crippen molar-refractivity contribution in [3.05, 3.63) is 107 Å².